The van der Waals surface area contributed by atoms with E-state index in [1.54, 1.807) is 24.3 Å². The van der Waals surface area contributed by atoms with E-state index >= 15 is 0 Å². The number of nitro groups is 1. The molecule has 1 aromatic heterocycles. The van der Waals surface area contributed by atoms with Gasteiger partial charge in [-0.25, -0.2) is 0 Å². The molecule has 2 aromatic carbocycles. The summed E-state index contributed by atoms with van der Waals surface area (Å²) in [6, 6.07) is 12.1. The van der Waals surface area contributed by atoms with Crippen LogP contribution in [-0.2, 0) is 4.79 Å². The summed E-state index contributed by atoms with van der Waals surface area (Å²) in [7, 11) is 0. The molecule has 3 aromatic rings. The molecular formula is C21H22ClN3O3. The fourth-order valence-electron chi connectivity index (χ4n) is 3.21. The van der Waals surface area contributed by atoms with Crippen molar-refractivity contribution in [1.29, 1.82) is 0 Å². The highest BCUT2D eigenvalue weighted by Crippen LogP contribution is 2.35. The number of carbonyl (C=O) groups is 1. The molecule has 146 valence electrons. The number of hydrogen-bond donors (Lipinski definition) is 2. The lowest BCUT2D eigenvalue weighted by Crippen LogP contribution is -2.28. The van der Waals surface area contributed by atoms with Crippen LogP contribution in [-0.4, -0.2) is 22.4 Å². The van der Waals surface area contributed by atoms with Crippen molar-refractivity contribution in [2.75, 3.05) is 6.54 Å². The van der Waals surface area contributed by atoms with E-state index in [-0.39, 0.29) is 23.9 Å². The number of nitro benzene ring substituents is 1. The Hall–Kier alpha value is -2.86. The second-order valence-electron chi connectivity index (χ2n) is 7.24. The maximum atomic E-state index is 12.5. The van der Waals surface area contributed by atoms with Crippen LogP contribution >= 0.6 is 11.6 Å². The van der Waals surface area contributed by atoms with Crippen molar-refractivity contribution in [2.45, 2.75) is 26.2 Å². The van der Waals surface area contributed by atoms with Crippen molar-refractivity contribution in [1.82, 2.24) is 10.3 Å². The molecule has 0 saturated carbocycles. The van der Waals surface area contributed by atoms with E-state index in [0.717, 1.165) is 22.0 Å². The predicted molar refractivity (Wildman–Crippen MR) is 111 cm³/mol. The number of fused-ring (bicyclic) bond motifs is 1. The molecular weight excluding hydrogens is 378 g/mol. The fourth-order valence-corrected chi connectivity index (χ4v) is 3.34. The second kappa shape index (κ2) is 8.44. The van der Waals surface area contributed by atoms with Gasteiger partial charge in [0.1, 0.15) is 0 Å². The minimum atomic E-state index is -0.414. The average molecular weight is 400 g/mol. The molecule has 1 amide bonds. The fraction of sp³-hybridized carbons (Fsp3) is 0.286. The van der Waals surface area contributed by atoms with Gasteiger partial charge in [0, 0.05) is 53.1 Å². The number of hydrogen-bond acceptors (Lipinski definition) is 3. The third-order valence-corrected chi connectivity index (χ3v) is 4.90. The molecule has 2 N–H and O–H groups in total. The normalized spacial score (nSPS) is 12.3. The first kappa shape index (κ1) is 19.9. The van der Waals surface area contributed by atoms with Crippen LogP contribution in [0.5, 0.6) is 0 Å². The van der Waals surface area contributed by atoms with Crippen molar-refractivity contribution in [3.8, 4) is 0 Å². The van der Waals surface area contributed by atoms with Gasteiger partial charge in [-0.3, -0.25) is 14.9 Å². The highest BCUT2D eigenvalue weighted by Gasteiger charge is 2.22. The van der Waals surface area contributed by atoms with Crippen LogP contribution in [0.2, 0.25) is 5.02 Å². The van der Waals surface area contributed by atoms with Gasteiger partial charge in [0.15, 0.2) is 0 Å². The van der Waals surface area contributed by atoms with E-state index in [1.165, 1.54) is 6.07 Å². The number of nitrogens with one attached hydrogen (secondary N) is 2. The summed E-state index contributed by atoms with van der Waals surface area (Å²) in [5, 5.41) is 15.5. The number of H-pyrrole nitrogens is 1. The number of carbonyl (C=O) groups excluding carboxylic acids is 1. The largest absolute Gasteiger partial charge is 0.361 e. The lowest BCUT2D eigenvalue weighted by atomic mass is 9.88. The SMILES string of the molecule is CC(C)CNC(=O)CC(c1ccc(Cl)cc1)c1c[nH]c2ccc([N+](=O)[O-])cc12. The van der Waals surface area contributed by atoms with E-state index in [2.05, 4.69) is 10.3 Å². The summed E-state index contributed by atoms with van der Waals surface area (Å²) in [4.78, 5) is 26.5. The smallest absolute Gasteiger partial charge is 0.270 e. The van der Waals surface area contributed by atoms with Gasteiger partial charge in [-0.2, -0.15) is 0 Å². The lowest BCUT2D eigenvalue weighted by Gasteiger charge is -2.18. The van der Waals surface area contributed by atoms with Gasteiger partial charge >= 0.3 is 0 Å². The van der Waals surface area contributed by atoms with Crippen LogP contribution in [0, 0.1) is 16.0 Å². The van der Waals surface area contributed by atoms with Crippen LogP contribution in [0.25, 0.3) is 10.9 Å². The standard InChI is InChI=1S/C21H22ClN3O3/c1-13(2)11-24-21(26)10-17(14-3-5-15(22)6-4-14)19-12-23-20-8-7-16(25(27)28)9-18(19)20/h3-9,12-13,17,23H,10-11H2,1-2H3,(H,24,26). The highest BCUT2D eigenvalue weighted by molar-refractivity contribution is 6.30. The average Bonchev–Trinajstić information content (AvgIpc) is 3.08. The zero-order valence-corrected chi connectivity index (χ0v) is 16.5. The monoisotopic (exact) mass is 399 g/mol. The van der Waals surface area contributed by atoms with Crippen LogP contribution in [0.1, 0.15) is 37.3 Å². The van der Waals surface area contributed by atoms with E-state index in [0.29, 0.717) is 17.5 Å². The number of benzene rings is 2. The third-order valence-electron chi connectivity index (χ3n) is 4.65. The van der Waals surface area contributed by atoms with Crippen molar-refractivity contribution < 1.29 is 9.72 Å². The molecule has 1 unspecified atom stereocenters. The molecule has 6 nitrogen and oxygen atoms in total. The predicted octanol–water partition coefficient (Wildman–Crippen LogP) is 5.02. The van der Waals surface area contributed by atoms with Gasteiger partial charge < -0.3 is 10.3 Å². The van der Waals surface area contributed by atoms with Crippen molar-refractivity contribution in [3.63, 3.8) is 0 Å². The van der Waals surface area contributed by atoms with E-state index < -0.39 is 4.92 Å². The molecule has 0 aliphatic heterocycles. The van der Waals surface area contributed by atoms with Gasteiger partial charge in [0.25, 0.3) is 5.69 Å². The molecule has 0 bridgehead atoms. The minimum absolute atomic E-state index is 0.0208. The molecule has 3 rings (SSSR count). The number of non-ortho nitro benzene ring substituents is 1. The Kier molecular flexibility index (Phi) is 5.99. The first-order valence-electron chi connectivity index (χ1n) is 9.12. The Balaban J connectivity index is 2.02. The quantitative estimate of drug-likeness (QED) is 0.431. The number of nitrogens with zero attached hydrogens (tertiary/aromatic N) is 1. The zero-order chi connectivity index (χ0) is 20.3. The van der Waals surface area contributed by atoms with Crippen LogP contribution < -0.4 is 5.32 Å². The van der Waals surface area contributed by atoms with E-state index in [1.807, 2.05) is 32.2 Å². The first-order chi connectivity index (χ1) is 13.3. The second-order valence-corrected chi connectivity index (χ2v) is 7.67. The van der Waals surface area contributed by atoms with Gasteiger partial charge in [0.05, 0.1) is 4.92 Å². The maximum Gasteiger partial charge on any atom is 0.270 e. The minimum Gasteiger partial charge on any atom is -0.361 e. The number of halogens is 1. The van der Waals surface area contributed by atoms with Crippen LogP contribution in [0.3, 0.4) is 0 Å². The van der Waals surface area contributed by atoms with Crippen molar-refractivity contribution >= 4 is 34.1 Å². The molecule has 0 fully saturated rings. The molecule has 0 saturated heterocycles. The highest BCUT2D eigenvalue weighted by atomic mass is 35.5. The maximum absolute atomic E-state index is 12.5. The zero-order valence-electron chi connectivity index (χ0n) is 15.7. The molecule has 28 heavy (non-hydrogen) atoms. The van der Waals surface area contributed by atoms with Crippen LogP contribution in [0.4, 0.5) is 5.69 Å². The van der Waals surface area contributed by atoms with Crippen molar-refractivity contribution in [2.24, 2.45) is 5.92 Å². The number of aromatic amines is 1. The summed E-state index contributed by atoms with van der Waals surface area (Å²) < 4.78 is 0. The number of aromatic nitrogens is 1. The molecule has 0 radical (unpaired) electrons. The van der Waals surface area contributed by atoms with Gasteiger partial charge in [-0.15, -0.1) is 0 Å². The summed E-state index contributed by atoms with van der Waals surface area (Å²) >= 11 is 6.02. The Morgan fingerprint density at radius 3 is 2.57 bits per heavy atom. The molecule has 0 aliphatic carbocycles. The number of amides is 1. The van der Waals surface area contributed by atoms with Gasteiger partial charge in [0.2, 0.25) is 5.91 Å². The van der Waals surface area contributed by atoms with Crippen LogP contribution in [0.15, 0.2) is 48.7 Å². The Morgan fingerprint density at radius 1 is 1.21 bits per heavy atom. The summed E-state index contributed by atoms with van der Waals surface area (Å²) in [6.45, 7) is 4.68. The van der Waals surface area contributed by atoms with Crippen molar-refractivity contribution in [3.05, 3.63) is 74.9 Å². The number of rotatable bonds is 7. The summed E-state index contributed by atoms with van der Waals surface area (Å²) in [5.74, 6) is 0.0438. The topological polar surface area (TPSA) is 88.0 Å². The Morgan fingerprint density at radius 2 is 1.93 bits per heavy atom. The molecule has 7 heteroatoms. The molecule has 1 atom stereocenters. The van der Waals surface area contributed by atoms with Gasteiger partial charge in [-0.1, -0.05) is 37.6 Å². The Bertz CT molecular complexity index is 996. The molecule has 0 aliphatic rings. The van der Waals surface area contributed by atoms with E-state index in [9.17, 15) is 14.9 Å². The summed E-state index contributed by atoms with van der Waals surface area (Å²) in [5.41, 5.74) is 2.59. The Labute approximate surface area is 168 Å². The van der Waals surface area contributed by atoms with E-state index in [4.69, 9.17) is 11.6 Å². The first-order valence-corrected chi connectivity index (χ1v) is 9.50. The lowest BCUT2D eigenvalue weighted by molar-refractivity contribution is -0.384. The van der Waals surface area contributed by atoms with Gasteiger partial charge in [-0.05, 0) is 35.2 Å². The molecule has 1 heterocycles. The third kappa shape index (κ3) is 4.51. The summed E-state index contributed by atoms with van der Waals surface area (Å²) in [6.07, 6.45) is 2.06. The molecule has 0 spiro atoms.